The maximum Gasteiger partial charge on any atom is 0.416 e. The number of nitrogens with zero attached hydrogens (tertiary/aromatic N) is 2. The largest absolute Gasteiger partial charge is 0.467 e. The molecule has 1 aliphatic rings. The second-order valence-electron chi connectivity index (χ2n) is 12.5. The lowest BCUT2D eigenvalue weighted by molar-refractivity contribution is -0.155. The molecule has 1 aromatic heterocycles. The molecule has 0 amide bonds. The third-order valence-corrected chi connectivity index (χ3v) is 9.88. The summed E-state index contributed by atoms with van der Waals surface area (Å²) in [5.41, 5.74) is -1.99. The van der Waals surface area contributed by atoms with Crippen molar-refractivity contribution >= 4 is 32.7 Å². The van der Waals surface area contributed by atoms with Gasteiger partial charge >= 0.3 is 18.1 Å². The number of esters is 2. The number of hydrogen-bond donors (Lipinski definition) is 0. The van der Waals surface area contributed by atoms with Crippen molar-refractivity contribution in [1.82, 2.24) is 8.87 Å². The van der Waals surface area contributed by atoms with Crippen molar-refractivity contribution in [3.63, 3.8) is 0 Å². The molecule has 3 aromatic carbocycles. The first-order valence-electron chi connectivity index (χ1n) is 15.2. The van der Waals surface area contributed by atoms with Crippen molar-refractivity contribution in [3.05, 3.63) is 99.8 Å². The Bertz CT molecular complexity index is 2040. The monoisotopic (exact) mass is 684 g/mol. The van der Waals surface area contributed by atoms with Crippen LogP contribution in [0.5, 0.6) is 0 Å². The Hall–Kier alpha value is -4.49. The molecular weight excluding hydrogens is 649 g/mol. The molecule has 254 valence electrons. The van der Waals surface area contributed by atoms with Crippen LogP contribution in [0.2, 0.25) is 0 Å². The highest BCUT2D eigenvalue weighted by Crippen LogP contribution is 2.40. The summed E-state index contributed by atoms with van der Waals surface area (Å²) in [6.07, 6.45) is -4.88. The van der Waals surface area contributed by atoms with Crippen LogP contribution in [0.25, 0.3) is 21.9 Å². The van der Waals surface area contributed by atoms with E-state index in [4.69, 9.17) is 9.47 Å². The van der Waals surface area contributed by atoms with Crippen molar-refractivity contribution < 1.29 is 40.7 Å². The molecule has 5 rings (SSSR count). The number of benzene rings is 3. The molecule has 48 heavy (non-hydrogen) atoms. The Morgan fingerprint density at radius 2 is 1.62 bits per heavy atom. The Morgan fingerprint density at radius 3 is 2.31 bits per heavy atom. The van der Waals surface area contributed by atoms with Crippen LogP contribution in [-0.2, 0) is 41.7 Å². The summed E-state index contributed by atoms with van der Waals surface area (Å²) in [5, 5.41) is 1.06. The highest BCUT2D eigenvalue weighted by molar-refractivity contribution is 7.89. The molecule has 0 bridgehead atoms. The quantitative estimate of drug-likeness (QED) is 0.206. The van der Waals surface area contributed by atoms with E-state index in [1.807, 2.05) is 30.3 Å². The standard InChI is InChI=1S/C35H35F3N2O7S/c1-34(2,3)47-30(42)16-9-17-39-21-28(33(43)46-4)40-29(41)20-25(18-23-12-7-11-22-10-5-6-15-27(22)23)31(32(40)48(39,44)45)24-13-8-14-26(19-24)35(36,37)38/h5-8,10-15,19-20,28H,9,16-18,21H2,1-4H3. The zero-order chi connectivity index (χ0) is 35.0. The molecule has 4 aromatic rings. The number of carbonyl (C=O) groups excluding carboxylic acids is 2. The van der Waals surface area contributed by atoms with Gasteiger partial charge in [0.25, 0.3) is 15.6 Å². The molecule has 0 aliphatic carbocycles. The van der Waals surface area contributed by atoms with Crippen LogP contribution in [-0.4, -0.2) is 55.0 Å². The van der Waals surface area contributed by atoms with Gasteiger partial charge in [0, 0.05) is 31.1 Å². The van der Waals surface area contributed by atoms with Crippen LogP contribution < -0.4 is 5.56 Å². The number of hydrogen-bond acceptors (Lipinski definition) is 7. The SMILES string of the molecule is COC(=O)C1CN(CCCC(=O)OC(C)(C)C)S(=O)(=O)c2c(-c3cccc(C(F)(F)F)c3)c(Cc3cccc4ccccc34)cc(=O)n21. The van der Waals surface area contributed by atoms with Crippen LogP contribution >= 0.6 is 0 Å². The molecular formula is C35H35F3N2O7S. The van der Waals surface area contributed by atoms with Gasteiger partial charge in [-0.2, -0.15) is 17.5 Å². The van der Waals surface area contributed by atoms with Gasteiger partial charge in [-0.15, -0.1) is 0 Å². The van der Waals surface area contributed by atoms with E-state index >= 15 is 0 Å². The molecule has 1 aliphatic heterocycles. The summed E-state index contributed by atoms with van der Waals surface area (Å²) >= 11 is 0. The fourth-order valence-electron chi connectivity index (χ4n) is 5.96. The normalized spacial score (nSPS) is 16.4. The molecule has 1 unspecified atom stereocenters. The number of fused-ring (bicyclic) bond motifs is 2. The molecule has 0 saturated heterocycles. The van der Waals surface area contributed by atoms with Gasteiger partial charge in [-0.1, -0.05) is 54.6 Å². The van der Waals surface area contributed by atoms with Gasteiger partial charge in [0.1, 0.15) is 11.6 Å². The number of halogens is 3. The van der Waals surface area contributed by atoms with Crippen molar-refractivity contribution in [2.75, 3.05) is 20.2 Å². The number of pyridine rings is 1. The first-order valence-corrected chi connectivity index (χ1v) is 16.7. The van der Waals surface area contributed by atoms with Gasteiger partial charge in [0.05, 0.1) is 12.7 Å². The summed E-state index contributed by atoms with van der Waals surface area (Å²) in [4.78, 5) is 39.3. The van der Waals surface area contributed by atoms with Crippen LogP contribution in [0.15, 0.2) is 82.6 Å². The van der Waals surface area contributed by atoms with Crippen LogP contribution in [0.1, 0.15) is 56.3 Å². The van der Waals surface area contributed by atoms with Gasteiger partial charge in [-0.05, 0) is 73.2 Å². The third kappa shape index (κ3) is 7.16. The fraction of sp³-hybridized carbons (Fsp3) is 0.343. The lowest BCUT2D eigenvalue weighted by atomic mass is 9.93. The molecule has 0 saturated carbocycles. The number of alkyl halides is 3. The van der Waals surface area contributed by atoms with Crippen LogP contribution in [0.4, 0.5) is 13.2 Å². The molecule has 0 fully saturated rings. The van der Waals surface area contributed by atoms with E-state index in [1.165, 1.54) is 12.1 Å². The van der Waals surface area contributed by atoms with Gasteiger partial charge in [0.15, 0.2) is 5.03 Å². The first kappa shape index (κ1) is 34.8. The van der Waals surface area contributed by atoms with Crippen LogP contribution in [0, 0.1) is 0 Å². The van der Waals surface area contributed by atoms with Crippen molar-refractivity contribution in [3.8, 4) is 11.1 Å². The summed E-state index contributed by atoms with van der Waals surface area (Å²) in [6.45, 7) is 4.36. The van der Waals surface area contributed by atoms with E-state index < -0.39 is 62.5 Å². The van der Waals surface area contributed by atoms with Gasteiger partial charge in [-0.3, -0.25) is 14.2 Å². The van der Waals surface area contributed by atoms with E-state index in [9.17, 15) is 36.0 Å². The maximum atomic E-state index is 14.5. The summed E-state index contributed by atoms with van der Waals surface area (Å²) in [6, 6.07) is 16.8. The van der Waals surface area contributed by atoms with E-state index in [2.05, 4.69) is 0 Å². The minimum absolute atomic E-state index is 0.00688. The number of rotatable bonds is 8. The van der Waals surface area contributed by atoms with Crippen molar-refractivity contribution in [2.45, 2.75) is 62.9 Å². The smallest absolute Gasteiger partial charge is 0.416 e. The van der Waals surface area contributed by atoms with Gasteiger partial charge in [-0.25, -0.2) is 13.2 Å². The number of carbonyl (C=O) groups is 2. The van der Waals surface area contributed by atoms with Crippen molar-refractivity contribution in [2.24, 2.45) is 0 Å². The zero-order valence-corrected chi connectivity index (χ0v) is 27.7. The Morgan fingerprint density at radius 1 is 0.938 bits per heavy atom. The molecule has 2 heterocycles. The molecule has 0 radical (unpaired) electrons. The lowest BCUT2D eigenvalue weighted by Crippen LogP contribution is -2.50. The fourth-order valence-corrected chi connectivity index (χ4v) is 7.89. The van der Waals surface area contributed by atoms with E-state index in [0.29, 0.717) is 5.56 Å². The number of ether oxygens (including phenoxy) is 2. The molecule has 0 spiro atoms. The zero-order valence-electron chi connectivity index (χ0n) is 26.8. The van der Waals surface area contributed by atoms with Gasteiger partial charge in [0.2, 0.25) is 0 Å². The number of aromatic nitrogens is 1. The molecule has 13 heteroatoms. The van der Waals surface area contributed by atoms with E-state index in [0.717, 1.165) is 45.0 Å². The lowest BCUT2D eigenvalue weighted by Gasteiger charge is -2.35. The van der Waals surface area contributed by atoms with E-state index in [-0.39, 0.29) is 42.5 Å². The minimum Gasteiger partial charge on any atom is -0.467 e. The predicted molar refractivity (Wildman–Crippen MR) is 173 cm³/mol. The summed E-state index contributed by atoms with van der Waals surface area (Å²) in [7, 11) is -3.55. The van der Waals surface area contributed by atoms with Crippen molar-refractivity contribution in [1.29, 1.82) is 0 Å². The average molecular weight is 685 g/mol. The Labute approximate surface area is 275 Å². The maximum absolute atomic E-state index is 14.5. The first-order chi connectivity index (χ1) is 22.5. The molecule has 1 atom stereocenters. The third-order valence-electron chi connectivity index (χ3n) is 7.98. The number of sulfonamides is 1. The molecule has 9 nitrogen and oxygen atoms in total. The minimum atomic E-state index is -4.75. The topological polar surface area (TPSA) is 112 Å². The average Bonchev–Trinajstić information content (AvgIpc) is 3.01. The predicted octanol–water partition coefficient (Wildman–Crippen LogP) is 6.12. The van der Waals surface area contributed by atoms with Crippen LogP contribution in [0.3, 0.4) is 0 Å². The summed E-state index contributed by atoms with van der Waals surface area (Å²) in [5.74, 6) is -1.47. The Kier molecular flexibility index (Phi) is 9.57. The molecule has 0 N–H and O–H groups in total. The second kappa shape index (κ2) is 13.2. The number of methoxy groups -OCH3 is 1. The highest BCUT2D eigenvalue weighted by atomic mass is 32.2. The second-order valence-corrected chi connectivity index (χ2v) is 14.4. The summed E-state index contributed by atoms with van der Waals surface area (Å²) < 4.78 is 82.9. The van der Waals surface area contributed by atoms with Gasteiger partial charge < -0.3 is 9.47 Å². The van der Waals surface area contributed by atoms with E-state index in [1.54, 1.807) is 32.9 Å². The Balaban J connectivity index is 1.73. The highest BCUT2D eigenvalue weighted by Gasteiger charge is 2.44.